The first-order valence-corrected chi connectivity index (χ1v) is 7.65. The van der Waals surface area contributed by atoms with E-state index in [9.17, 15) is 4.79 Å². The molecule has 4 heteroatoms. The van der Waals surface area contributed by atoms with Gasteiger partial charge >= 0.3 is 0 Å². The van der Waals surface area contributed by atoms with Gasteiger partial charge in [-0.1, -0.05) is 44.2 Å². The maximum Gasteiger partial charge on any atom is 0.258 e. The molecule has 0 fully saturated rings. The highest BCUT2D eigenvalue weighted by atomic mass is 16.1. The summed E-state index contributed by atoms with van der Waals surface area (Å²) in [5.41, 5.74) is 3.45. The van der Waals surface area contributed by atoms with Gasteiger partial charge in [-0.25, -0.2) is 4.68 Å². The van der Waals surface area contributed by atoms with E-state index >= 15 is 0 Å². The van der Waals surface area contributed by atoms with Crippen molar-refractivity contribution in [3.63, 3.8) is 0 Å². The number of anilines is 1. The maximum absolute atomic E-state index is 12.4. The summed E-state index contributed by atoms with van der Waals surface area (Å²) in [4.78, 5) is 12.4. The highest BCUT2D eigenvalue weighted by molar-refractivity contribution is 6.04. The van der Waals surface area contributed by atoms with Crippen molar-refractivity contribution in [3.05, 3.63) is 78.1 Å². The molecule has 23 heavy (non-hydrogen) atoms. The molecule has 0 atom stereocenters. The Labute approximate surface area is 135 Å². The summed E-state index contributed by atoms with van der Waals surface area (Å²) in [6.07, 6.45) is 3.31. The number of rotatable bonds is 4. The third kappa shape index (κ3) is 3.48. The molecule has 0 radical (unpaired) electrons. The second kappa shape index (κ2) is 6.48. The largest absolute Gasteiger partial charge is 0.322 e. The number of nitrogens with zero attached hydrogens (tertiary/aromatic N) is 2. The molecule has 0 aliphatic carbocycles. The molecule has 1 N–H and O–H groups in total. The lowest BCUT2D eigenvalue weighted by molar-refractivity contribution is 0.102. The van der Waals surface area contributed by atoms with Gasteiger partial charge in [0.25, 0.3) is 5.91 Å². The molecular weight excluding hydrogens is 286 g/mol. The maximum atomic E-state index is 12.4. The zero-order chi connectivity index (χ0) is 16.2. The van der Waals surface area contributed by atoms with E-state index in [1.807, 2.05) is 48.5 Å². The van der Waals surface area contributed by atoms with Crippen molar-refractivity contribution in [2.24, 2.45) is 0 Å². The molecule has 2 aromatic carbocycles. The molecule has 1 amide bonds. The normalized spacial score (nSPS) is 10.7. The number of para-hydroxylation sites is 1. The molecule has 0 unspecified atom stereocenters. The van der Waals surface area contributed by atoms with Crippen molar-refractivity contribution in [2.45, 2.75) is 19.8 Å². The van der Waals surface area contributed by atoms with Gasteiger partial charge in [0.1, 0.15) is 0 Å². The average Bonchev–Trinajstić information content (AvgIpc) is 3.06. The van der Waals surface area contributed by atoms with E-state index in [1.165, 1.54) is 5.56 Å². The number of hydrogen-bond donors (Lipinski definition) is 1. The first-order chi connectivity index (χ1) is 11.1. The van der Waals surface area contributed by atoms with Gasteiger partial charge in [-0.2, -0.15) is 5.10 Å². The molecule has 1 aromatic heterocycles. The zero-order valence-electron chi connectivity index (χ0n) is 13.2. The van der Waals surface area contributed by atoms with Crippen LogP contribution in [0.3, 0.4) is 0 Å². The van der Waals surface area contributed by atoms with Gasteiger partial charge in [0.05, 0.1) is 17.4 Å². The Morgan fingerprint density at radius 2 is 1.87 bits per heavy atom. The van der Waals surface area contributed by atoms with E-state index in [2.05, 4.69) is 30.3 Å². The van der Waals surface area contributed by atoms with Crippen LogP contribution >= 0.6 is 0 Å². The lowest BCUT2D eigenvalue weighted by atomic mass is 10.0. The number of carbonyl (C=O) groups excluding carboxylic acids is 1. The van der Waals surface area contributed by atoms with E-state index < -0.39 is 0 Å². The minimum atomic E-state index is -0.159. The SMILES string of the molecule is CC(C)c1cccc(NC(=O)c2cnn(-c3ccccc3)c2)c1. The fraction of sp³-hybridized carbons (Fsp3) is 0.158. The van der Waals surface area contributed by atoms with Gasteiger partial charge < -0.3 is 5.32 Å². The number of benzene rings is 2. The fourth-order valence-electron chi connectivity index (χ4n) is 2.34. The number of nitrogens with one attached hydrogen (secondary N) is 1. The summed E-state index contributed by atoms with van der Waals surface area (Å²) >= 11 is 0. The average molecular weight is 305 g/mol. The fourth-order valence-corrected chi connectivity index (χ4v) is 2.34. The van der Waals surface area contributed by atoms with Gasteiger partial charge in [-0.05, 0) is 35.7 Å². The van der Waals surface area contributed by atoms with Crippen LogP contribution in [-0.2, 0) is 0 Å². The first-order valence-electron chi connectivity index (χ1n) is 7.65. The predicted octanol–water partition coefficient (Wildman–Crippen LogP) is 4.25. The highest BCUT2D eigenvalue weighted by Crippen LogP contribution is 2.19. The molecule has 0 aliphatic rings. The summed E-state index contributed by atoms with van der Waals surface area (Å²) in [6, 6.07) is 17.6. The lowest BCUT2D eigenvalue weighted by Crippen LogP contribution is -2.11. The molecule has 0 spiro atoms. The molecule has 3 rings (SSSR count). The topological polar surface area (TPSA) is 46.9 Å². The second-order valence-corrected chi connectivity index (χ2v) is 5.74. The molecule has 0 bridgehead atoms. The molecule has 0 aliphatic heterocycles. The Hall–Kier alpha value is -2.88. The Balaban J connectivity index is 1.77. The predicted molar refractivity (Wildman–Crippen MR) is 92.0 cm³/mol. The van der Waals surface area contributed by atoms with Crippen molar-refractivity contribution >= 4 is 11.6 Å². The van der Waals surface area contributed by atoms with E-state index in [0.717, 1.165) is 11.4 Å². The lowest BCUT2D eigenvalue weighted by Gasteiger charge is -2.08. The van der Waals surface area contributed by atoms with Crippen LogP contribution in [-0.4, -0.2) is 15.7 Å². The molecule has 1 heterocycles. The van der Waals surface area contributed by atoms with Crippen LogP contribution < -0.4 is 5.32 Å². The van der Waals surface area contributed by atoms with Crippen molar-refractivity contribution in [3.8, 4) is 5.69 Å². The van der Waals surface area contributed by atoms with E-state index in [0.29, 0.717) is 11.5 Å². The third-order valence-electron chi connectivity index (χ3n) is 3.68. The summed E-state index contributed by atoms with van der Waals surface area (Å²) in [7, 11) is 0. The van der Waals surface area contributed by atoms with E-state index in [4.69, 9.17) is 0 Å². The quantitative estimate of drug-likeness (QED) is 0.783. The number of hydrogen-bond acceptors (Lipinski definition) is 2. The monoisotopic (exact) mass is 305 g/mol. The smallest absolute Gasteiger partial charge is 0.258 e. The molecular formula is C19H19N3O. The van der Waals surface area contributed by atoms with Crippen LogP contribution in [0.2, 0.25) is 0 Å². The zero-order valence-corrected chi connectivity index (χ0v) is 13.2. The highest BCUT2D eigenvalue weighted by Gasteiger charge is 2.10. The van der Waals surface area contributed by atoms with Crippen LogP contribution in [0.1, 0.15) is 35.7 Å². The molecule has 0 saturated heterocycles. The van der Waals surface area contributed by atoms with Crippen LogP contribution in [0.4, 0.5) is 5.69 Å². The Bertz CT molecular complexity index is 806. The molecule has 0 saturated carbocycles. The number of amides is 1. The second-order valence-electron chi connectivity index (χ2n) is 5.74. The Kier molecular flexibility index (Phi) is 4.24. The van der Waals surface area contributed by atoms with Gasteiger partial charge in [-0.15, -0.1) is 0 Å². The van der Waals surface area contributed by atoms with Gasteiger partial charge in [-0.3, -0.25) is 4.79 Å². The van der Waals surface area contributed by atoms with Gasteiger partial charge in [0.15, 0.2) is 0 Å². The third-order valence-corrected chi connectivity index (χ3v) is 3.68. The van der Waals surface area contributed by atoms with Crippen molar-refractivity contribution in [1.82, 2.24) is 9.78 Å². The van der Waals surface area contributed by atoms with Gasteiger partial charge in [0.2, 0.25) is 0 Å². The minimum Gasteiger partial charge on any atom is -0.322 e. The number of carbonyl (C=O) groups is 1. The van der Waals surface area contributed by atoms with E-state index in [1.54, 1.807) is 17.1 Å². The Morgan fingerprint density at radius 1 is 1.09 bits per heavy atom. The van der Waals surface area contributed by atoms with E-state index in [-0.39, 0.29) is 5.91 Å². The van der Waals surface area contributed by atoms with Crippen molar-refractivity contribution < 1.29 is 4.79 Å². The van der Waals surface area contributed by atoms with Gasteiger partial charge in [0, 0.05) is 11.9 Å². The summed E-state index contributed by atoms with van der Waals surface area (Å²) < 4.78 is 1.69. The number of aromatic nitrogens is 2. The van der Waals surface area contributed by atoms with Crippen LogP contribution in [0.25, 0.3) is 5.69 Å². The minimum absolute atomic E-state index is 0.159. The summed E-state index contributed by atoms with van der Waals surface area (Å²) in [5, 5.41) is 7.18. The summed E-state index contributed by atoms with van der Waals surface area (Å²) in [5.74, 6) is 0.265. The van der Waals surface area contributed by atoms with Crippen molar-refractivity contribution in [2.75, 3.05) is 5.32 Å². The van der Waals surface area contributed by atoms with Crippen molar-refractivity contribution in [1.29, 1.82) is 0 Å². The van der Waals surface area contributed by atoms with Crippen LogP contribution in [0.15, 0.2) is 67.0 Å². The van der Waals surface area contributed by atoms with Crippen LogP contribution in [0.5, 0.6) is 0 Å². The molecule has 116 valence electrons. The Morgan fingerprint density at radius 3 is 2.61 bits per heavy atom. The van der Waals surface area contributed by atoms with Crippen LogP contribution in [0, 0.1) is 0 Å². The standard InChI is InChI=1S/C19H19N3O/c1-14(2)15-7-6-8-17(11-15)21-19(23)16-12-20-22(13-16)18-9-4-3-5-10-18/h3-14H,1-2H3,(H,21,23). The summed E-state index contributed by atoms with van der Waals surface area (Å²) in [6.45, 7) is 4.26. The molecule has 4 nitrogen and oxygen atoms in total. The first kappa shape index (κ1) is 15.0. The molecule has 3 aromatic rings.